The van der Waals surface area contributed by atoms with E-state index in [2.05, 4.69) is 10.6 Å². The quantitative estimate of drug-likeness (QED) is 0.709. The Bertz CT molecular complexity index is 549. The Hall–Kier alpha value is -1.92. The molecule has 2 aliphatic rings. The van der Waals surface area contributed by atoms with E-state index in [0.717, 1.165) is 5.56 Å². The first-order chi connectivity index (χ1) is 10.6. The summed E-state index contributed by atoms with van der Waals surface area (Å²) in [5, 5.41) is 15.2. The predicted molar refractivity (Wildman–Crippen MR) is 80.8 cm³/mol. The van der Waals surface area contributed by atoms with Gasteiger partial charge in [-0.2, -0.15) is 0 Å². The summed E-state index contributed by atoms with van der Waals surface area (Å²) < 4.78 is 0. The van der Waals surface area contributed by atoms with Crippen molar-refractivity contribution in [2.45, 2.75) is 37.6 Å². The van der Waals surface area contributed by atoms with Crippen molar-refractivity contribution in [2.75, 3.05) is 13.1 Å². The van der Waals surface area contributed by atoms with Crippen molar-refractivity contribution >= 4 is 11.8 Å². The highest BCUT2D eigenvalue weighted by molar-refractivity contribution is 5.91. The number of benzene rings is 1. The fraction of sp³-hybridized carbons (Fsp3) is 0.500. The van der Waals surface area contributed by atoms with Crippen LogP contribution in [-0.2, 0) is 16.1 Å². The standard InChI is InChI=1S/C16H21N3O3/c20-12-8-14(17-9-12)15(21)18-13-6-7-19(16(13)22)10-11-4-2-1-3-5-11/h1-5,12-14,17,20H,6-10H2,(H,18,21). The lowest BCUT2D eigenvalue weighted by molar-refractivity contribution is -0.133. The van der Waals surface area contributed by atoms with E-state index < -0.39 is 18.2 Å². The second kappa shape index (κ2) is 6.46. The minimum Gasteiger partial charge on any atom is -0.392 e. The van der Waals surface area contributed by atoms with Gasteiger partial charge in [-0.25, -0.2) is 0 Å². The Morgan fingerprint density at radius 1 is 1.36 bits per heavy atom. The van der Waals surface area contributed by atoms with Crippen LogP contribution in [0.5, 0.6) is 0 Å². The third-order valence-electron chi connectivity index (χ3n) is 4.25. The van der Waals surface area contributed by atoms with Crippen molar-refractivity contribution in [3.05, 3.63) is 35.9 Å². The maximum absolute atomic E-state index is 12.4. The molecule has 3 rings (SSSR count). The summed E-state index contributed by atoms with van der Waals surface area (Å²) in [6, 6.07) is 8.98. The number of aliphatic hydroxyl groups excluding tert-OH is 1. The molecule has 3 unspecified atom stereocenters. The molecule has 0 spiro atoms. The van der Waals surface area contributed by atoms with Gasteiger partial charge in [-0.3, -0.25) is 9.59 Å². The third kappa shape index (κ3) is 3.28. The summed E-state index contributed by atoms with van der Waals surface area (Å²) in [4.78, 5) is 26.2. The van der Waals surface area contributed by atoms with E-state index in [1.165, 1.54) is 0 Å². The molecule has 2 aliphatic heterocycles. The van der Waals surface area contributed by atoms with Crippen molar-refractivity contribution in [1.82, 2.24) is 15.5 Å². The van der Waals surface area contributed by atoms with Crippen LogP contribution in [0.25, 0.3) is 0 Å². The van der Waals surface area contributed by atoms with Crippen LogP contribution in [0, 0.1) is 0 Å². The number of β-amino-alcohol motifs (C(OH)–C–C–N with tert-alkyl or cyclic N) is 1. The number of nitrogens with zero attached hydrogens (tertiary/aromatic N) is 1. The molecule has 22 heavy (non-hydrogen) atoms. The summed E-state index contributed by atoms with van der Waals surface area (Å²) in [6.07, 6.45) is 0.553. The van der Waals surface area contributed by atoms with Crippen LogP contribution in [0.1, 0.15) is 18.4 Å². The van der Waals surface area contributed by atoms with Gasteiger partial charge in [0, 0.05) is 19.6 Å². The van der Waals surface area contributed by atoms with Gasteiger partial charge in [-0.05, 0) is 18.4 Å². The Morgan fingerprint density at radius 3 is 2.82 bits per heavy atom. The fourth-order valence-corrected chi connectivity index (χ4v) is 3.02. The lowest BCUT2D eigenvalue weighted by Crippen LogP contribution is -2.48. The number of nitrogens with one attached hydrogen (secondary N) is 2. The lowest BCUT2D eigenvalue weighted by atomic mass is 10.1. The number of amides is 2. The first-order valence-corrected chi connectivity index (χ1v) is 7.68. The highest BCUT2D eigenvalue weighted by atomic mass is 16.3. The molecule has 2 saturated heterocycles. The molecular weight excluding hydrogens is 282 g/mol. The SMILES string of the molecule is O=C(NC1CCN(Cc2ccccc2)C1=O)C1CC(O)CN1. The van der Waals surface area contributed by atoms with Gasteiger partial charge in [-0.1, -0.05) is 30.3 Å². The molecule has 3 N–H and O–H groups in total. The monoisotopic (exact) mass is 303 g/mol. The molecule has 1 aromatic carbocycles. The molecule has 0 saturated carbocycles. The Balaban J connectivity index is 1.54. The van der Waals surface area contributed by atoms with E-state index in [4.69, 9.17) is 0 Å². The van der Waals surface area contributed by atoms with E-state index >= 15 is 0 Å². The van der Waals surface area contributed by atoms with Crippen LogP contribution >= 0.6 is 0 Å². The zero-order valence-electron chi connectivity index (χ0n) is 12.4. The summed E-state index contributed by atoms with van der Waals surface area (Å²) in [6.45, 7) is 1.66. The number of carbonyl (C=O) groups is 2. The van der Waals surface area contributed by atoms with Crippen molar-refractivity contribution in [2.24, 2.45) is 0 Å². The van der Waals surface area contributed by atoms with E-state index in [1.54, 1.807) is 4.90 Å². The van der Waals surface area contributed by atoms with Gasteiger partial charge in [0.2, 0.25) is 11.8 Å². The minimum atomic E-state index is -0.482. The van der Waals surface area contributed by atoms with Gasteiger partial charge >= 0.3 is 0 Å². The maximum Gasteiger partial charge on any atom is 0.245 e. The number of carbonyl (C=O) groups excluding carboxylic acids is 2. The van der Waals surface area contributed by atoms with Gasteiger partial charge in [0.05, 0.1) is 12.1 Å². The molecule has 118 valence electrons. The average molecular weight is 303 g/mol. The number of likely N-dealkylation sites (tertiary alicyclic amines) is 1. The summed E-state index contributed by atoms with van der Waals surface area (Å²) in [5.41, 5.74) is 1.09. The molecule has 3 atom stereocenters. The Morgan fingerprint density at radius 2 is 2.14 bits per heavy atom. The lowest BCUT2D eigenvalue weighted by Gasteiger charge is -2.18. The molecule has 6 heteroatoms. The highest BCUT2D eigenvalue weighted by Gasteiger charge is 2.35. The van der Waals surface area contributed by atoms with Crippen LogP contribution < -0.4 is 10.6 Å². The summed E-state index contributed by atoms with van der Waals surface area (Å²) in [5.74, 6) is -0.229. The summed E-state index contributed by atoms with van der Waals surface area (Å²) in [7, 11) is 0. The van der Waals surface area contributed by atoms with Crippen LogP contribution in [-0.4, -0.2) is 53.1 Å². The van der Waals surface area contributed by atoms with Crippen LogP contribution in [0.3, 0.4) is 0 Å². The van der Waals surface area contributed by atoms with E-state index in [-0.39, 0.29) is 11.8 Å². The van der Waals surface area contributed by atoms with Crippen molar-refractivity contribution in [3.8, 4) is 0 Å². The smallest absolute Gasteiger partial charge is 0.245 e. The first kappa shape index (κ1) is 15.0. The molecule has 0 bridgehead atoms. The molecule has 0 aliphatic carbocycles. The van der Waals surface area contributed by atoms with Gasteiger partial charge < -0.3 is 20.6 Å². The molecule has 0 aromatic heterocycles. The third-order valence-corrected chi connectivity index (χ3v) is 4.25. The fourth-order valence-electron chi connectivity index (χ4n) is 3.02. The van der Waals surface area contributed by atoms with Crippen molar-refractivity contribution < 1.29 is 14.7 Å². The van der Waals surface area contributed by atoms with Crippen molar-refractivity contribution in [3.63, 3.8) is 0 Å². The maximum atomic E-state index is 12.4. The largest absolute Gasteiger partial charge is 0.392 e. The molecular formula is C16H21N3O3. The average Bonchev–Trinajstić information content (AvgIpc) is 3.09. The molecule has 2 amide bonds. The molecule has 0 radical (unpaired) electrons. The highest BCUT2D eigenvalue weighted by Crippen LogP contribution is 2.16. The second-order valence-corrected chi connectivity index (χ2v) is 5.95. The number of hydrogen-bond acceptors (Lipinski definition) is 4. The zero-order valence-corrected chi connectivity index (χ0v) is 12.4. The van der Waals surface area contributed by atoms with Gasteiger partial charge in [-0.15, -0.1) is 0 Å². The Labute approximate surface area is 129 Å². The molecule has 2 fully saturated rings. The minimum absolute atomic E-state index is 0.0317. The predicted octanol–water partition coefficient (Wildman–Crippen LogP) is -0.374. The first-order valence-electron chi connectivity index (χ1n) is 7.68. The van der Waals surface area contributed by atoms with Gasteiger partial charge in [0.25, 0.3) is 0 Å². The van der Waals surface area contributed by atoms with Crippen LogP contribution in [0.4, 0.5) is 0 Å². The van der Waals surface area contributed by atoms with E-state index in [0.29, 0.717) is 32.5 Å². The van der Waals surface area contributed by atoms with E-state index in [1.807, 2.05) is 30.3 Å². The van der Waals surface area contributed by atoms with Crippen LogP contribution in [0.15, 0.2) is 30.3 Å². The number of rotatable bonds is 4. The molecule has 1 aromatic rings. The van der Waals surface area contributed by atoms with E-state index in [9.17, 15) is 14.7 Å². The molecule has 2 heterocycles. The number of aliphatic hydroxyl groups is 1. The van der Waals surface area contributed by atoms with Gasteiger partial charge in [0.1, 0.15) is 6.04 Å². The topological polar surface area (TPSA) is 81.7 Å². The normalized spacial score (nSPS) is 28.1. The van der Waals surface area contributed by atoms with Gasteiger partial charge in [0.15, 0.2) is 0 Å². The number of hydrogen-bond donors (Lipinski definition) is 3. The second-order valence-electron chi connectivity index (χ2n) is 5.95. The molecule has 6 nitrogen and oxygen atoms in total. The van der Waals surface area contributed by atoms with Crippen LogP contribution in [0.2, 0.25) is 0 Å². The van der Waals surface area contributed by atoms with Crippen molar-refractivity contribution in [1.29, 1.82) is 0 Å². The summed E-state index contributed by atoms with van der Waals surface area (Å²) >= 11 is 0. The zero-order chi connectivity index (χ0) is 15.5. The Kier molecular flexibility index (Phi) is 4.40.